The van der Waals surface area contributed by atoms with E-state index in [-0.39, 0.29) is 18.4 Å². The number of carbonyl (C=O) groups is 1. The number of likely N-dealkylation sites (tertiary alicyclic amines) is 1. The molecule has 0 saturated carbocycles. The fourth-order valence-corrected chi connectivity index (χ4v) is 2.81. The molecule has 2 rings (SSSR count). The SMILES string of the molecule is COc1ccc(C(C)CC(=O)N2CCC(CO)CC2)cc1. The molecular formula is C17H25NO3. The fraction of sp³-hybridized carbons (Fsp3) is 0.588. The molecule has 1 aromatic rings. The number of piperidine rings is 1. The minimum Gasteiger partial charge on any atom is -0.497 e. The third-order valence-corrected chi connectivity index (χ3v) is 4.39. The second kappa shape index (κ2) is 7.46. The second-order valence-corrected chi connectivity index (χ2v) is 5.89. The van der Waals surface area contributed by atoms with E-state index in [1.807, 2.05) is 29.2 Å². The highest BCUT2D eigenvalue weighted by Crippen LogP contribution is 2.24. The number of amides is 1. The van der Waals surface area contributed by atoms with Crippen molar-refractivity contribution >= 4 is 5.91 Å². The zero-order valence-corrected chi connectivity index (χ0v) is 12.9. The summed E-state index contributed by atoms with van der Waals surface area (Å²) in [7, 11) is 1.65. The van der Waals surface area contributed by atoms with Crippen molar-refractivity contribution in [1.82, 2.24) is 4.90 Å². The third kappa shape index (κ3) is 4.21. The third-order valence-electron chi connectivity index (χ3n) is 4.39. The van der Waals surface area contributed by atoms with Gasteiger partial charge in [-0.05, 0) is 42.4 Å². The van der Waals surface area contributed by atoms with Crippen LogP contribution in [0.4, 0.5) is 0 Å². The van der Waals surface area contributed by atoms with Crippen LogP contribution in [0.3, 0.4) is 0 Å². The van der Waals surface area contributed by atoms with E-state index < -0.39 is 0 Å². The highest BCUT2D eigenvalue weighted by Gasteiger charge is 2.23. The smallest absolute Gasteiger partial charge is 0.223 e. The lowest BCUT2D eigenvalue weighted by Crippen LogP contribution is -2.39. The van der Waals surface area contributed by atoms with Crippen LogP contribution in [0.2, 0.25) is 0 Å². The number of hydrogen-bond donors (Lipinski definition) is 1. The van der Waals surface area contributed by atoms with Crippen LogP contribution in [0.1, 0.15) is 37.7 Å². The predicted octanol–water partition coefficient (Wildman–Crippen LogP) is 2.42. The number of ether oxygens (including phenoxy) is 1. The van der Waals surface area contributed by atoms with Crippen LogP contribution in [-0.4, -0.2) is 42.7 Å². The molecule has 1 saturated heterocycles. The summed E-state index contributed by atoms with van der Waals surface area (Å²) in [6.45, 7) is 3.88. The highest BCUT2D eigenvalue weighted by atomic mass is 16.5. The molecule has 1 fully saturated rings. The van der Waals surface area contributed by atoms with Gasteiger partial charge in [0.2, 0.25) is 5.91 Å². The molecule has 1 aromatic carbocycles. The Hall–Kier alpha value is -1.55. The van der Waals surface area contributed by atoms with Gasteiger partial charge in [0.25, 0.3) is 0 Å². The standard InChI is InChI=1S/C17H25NO3/c1-13(15-3-5-16(21-2)6-4-15)11-17(20)18-9-7-14(12-19)8-10-18/h3-6,13-14,19H,7-12H2,1-2H3. The van der Waals surface area contributed by atoms with Crippen molar-refractivity contribution < 1.29 is 14.6 Å². The largest absolute Gasteiger partial charge is 0.497 e. The molecule has 1 atom stereocenters. The molecule has 116 valence electrons. The molecule has 1 aliphatic heterocycles. The van der Waals surface area contributed by atoms with Crippen LogP contribution in [0.25, 0.3) is 0 Å². The Balaban J connectivity index is 1.86. The molecule has 21 heavy (non-hydrogen) atoms. The van der Waals surface area contributed by atoms with Crippen molar-refractivity contribution in [3.05, 3.63) is 29.8 Å². The van der Waals surface area contributed by atoms with E-state index >= 15 is 0 Å². The Morgan fingerprint density at radius 1 is 1.33 bits per heavy atom. The summed E-state index contributed by atoms with van der Waals surface area (Å²) in [6.07, 6.45) is 2.37. The van der Waals surface area contributed by atoms with E-state index in [9.17, 15) is 4.79 Å². The average molecular weight is 291 g/mol. The normalized spacial score (nSPS) is 17.6. The Labute approximate surface area is 126 Å². The van der Waals surface area contributed by atoms with Gasteiger partial charge in [-0.3, -0.25) is 4.79 Å². The molecule has 4 nitrogen and oxygen atoms in total. The number of aliphatic hydroxyl groups is 1. The molecule has 0 bridgehead atoms. The first kappa shape index (κ1) is 15.8. The van der Waals surface area contributed by atoms with E-state index in [2.05, 4.69) is 6.92 Å². The number of methoxy groups -OCH3 is 1. The molecule has 0 aliphatic carbocycles. The zero-order chi connectivity index (χ0) is 15.2. The number of benzene rings is 1. The summed E-state index contributed by atoms with van der Waals surface area (Å²) in [5.74, 6) is 1.63. The minimum absolute atomic E-state index is 0.207. The summed E-state index contributed by atoms with van der Waals surface area (Å²) in [6, 6.07) is 7.91. The summed E-state index contributed by atoms with van der Waals surface area (Å²) >= 11 is 0. The minimum atomic E-state index is 0.207. The summed E-state index contributed by atoms with van der Waals surface area (Å²) < 4.78 is 5.15. The molecule has 4 heteroatoms. The summed E-state index contributed by atoms with van der Waals surface area (Å²) in [5, 5.41) is 9.14. The van der Waals surface area contributed by atoms with Gasteiger partial charge in [-0.1, -0.05) is 19.1 Å². The topological polar surface area (TPSA) is 49.8 Å². The fourth-order valence-electron chi connectivity index (χ4n) is 2.81. The van der Waals surface area contributed by atoms with Gasteiger partial charge in [0.05, 0.1) is 7.11 Å². The molecule has 1 unspecified atom stereocenters. The maximum Gasteiger partial charge on any atom is 0.223 e. The Kier molecular flexibility index (Phi) is 5.62. The molecule has 1 N–H and O–H groups in total. The van der Waals surface area contributed by atoms with E-state index in [1.165, 1.54) is 0 Å². The maximum atomic E-state index is 12.3. The van der Waals surface area contributed by atoms with Crippen molar-refractivity contribution in [3.8, 4) is 5.75 Å². The highest BCUT2D eigenvalue weighted by molar-refractivity contribution is 5.77. The molecule has 0 radical (unpaired) electrons. The van der Waals surface area contributed by atoms with Gasteiger partial charge in [-0.2, -0.15) is 0 Å². The van der Waals surface area contributed by atoms with Gasteiger partial charge in [0, 0.05) is 26.1 Å². The van der Waals surface area contributed by atoms with E-state index in [1.54, 1.807) is 7.11 Å². The molecule has 1 aliphatic rings. The monoisotopic (exact) mass is 291 g/mol. The zero-order valence-electron chi connectivity index (χ0n) is 12.9. The number of hydrogen-bond acceptors (Lipinski definition) is 3. The van der Waals surface area contributed by atoms with Crippen LogP contribution < -0.4 is 4.74 Å². The van der Waals surface area contributed by atoms with E-state index in [0.717, 1.165) is 37.2 Å². The molecule has 1 heterocycles. The average Bonchev–Trinajstić information content (AvgIpc) is 2.55. The van der Waals surface area contributed by atoms with Gasteiger partial charge in [0.1, 0.15) is 5.75 Å². The molecule has 1 amide bonds. The van der Waals surface area contributed by atoms with Crippen LogP contribution in [-0.2, 0) is 4.79 Å². The number of carbonyl (C=O) groups excluding carboxylic acids is 1. The molecule has 0 aromatic heterocycles. The van der Waals surface area contributed by atoms with Gasteiger partial charge in [-0.15, -0.1) is 0 Å². The van der Waals surface area contributed by atoms with E-state index in [4.69, 9.17) is 9.84 Å². The van der Waals surface area contributed by atoms with Crippen molar-refractivity contribution in [2.75, 3.05) is 26.8 Å². The lowest BCUT2D eigenvalue weighted by atomic mass is 9.94. The Morgan fingerprint density at radius 3 is 2.48 bits per heavy atom. The van der Waals surface area contributed by atoms with Crippen LogP contribution in [0, 0.1) is 5.92 Å². The van der Waals surface area contributed by atoms with Crippen molar-refractivity contribution in [3.63, 3.8) is 0 Å². The Bertz CT molecular complexity index is 450. The van der Waals surface area contributed by atoms with Gasteiger partial charge >= 0.3 is 0 Å². The van der Waals surface area contributed by atoms with E-state index in [0.29, 0.717) is 12.3 Å². The maximum absolute atomic E-state index is 12.3. The van der Waals surface area contributed by atoms with Gasteiger partial charge < -0.3 is 14.7 Å². The van der Waals surface area contributed by atoms with Crippen molar-refractivity contribution in [2.24, 2.45) is 5.92 Å². The first-order chi connectivity index (χ1) is 10.1. The van der Waals surface area contributed by atoms with Gasteiger partial charge in [0.15, 0.2) is 0 Å². The van der Waals surface area contributed by atoms with Crippen LogP contribution in [0.5, 0.6) is 5.75 Å². The summed E-state index contributed by atoms with van der Waals surface area (Å²) in [4.78, 5) is 14.3. The quantitative estimate of drug-likeness (QED) is 0.906. The summed E-state index contributed by atoms with van der Waals surface area (Å²) in [5.41, 5.74) is 1.16. The van der Waals surface area contributed by atoms with Gasteiger partial charge in [-0.25, -0.2) is 0 Å². The first-order valence-electron chi connectivity index (χ1n) is 7.66. The molecule has 0 spiro atoms. The lowest BCUT2D eigenvalue weighted by molar-refractivity contribution is -0.133. The second-order valence-electron chi connectivity index (χ2n) is 5.89. The van der Waals surface area contributed by atoms with Crippen LogP contribution in [0.15, 0.2) is 24.3 Å². The van der Waals surface area contributed by atoms with Crippen molar-refractivity contribution in [1.29, 1.82) is 0 Å². The van der Waals surface area contributed by atoms with Crippen molar-refractivity contribution in [2.45, 2.75) is 32.1 Å². The number of rotatable bonds is 5. The van der Waals surface area contributed by atoms with Crippen LogP contribution >= 0.6 is 0 Å². The lowest BCUT2D eigenvalue weighted by Gasteiger charge is -2.32. The number of aliphatic hydroxyl groups excluding tert-OH is 1. The first-order valence-corrected chi connectivity index (χ1v) is 7.66. The predicted molar refractivity (Wildman–Crippen MR) is 82.4 cm³/mol. The molecular weight excluding hydrogens is 266 g/mol. The number of nitrogens with zero attached hydrogens (tertiary/aromatic N) is 1. The Morgan fingerprint density at radius 2 is 1.95 bits per heavy atom.